The van der Waals surface area contributed by atoms with E-state index in [1.165, 1.54) is 12.1 Å². The molecule has 6 nitrogen and oxygen atoms in total. The van der Waals surface area contributed by atoms with Gasteiger partial charge >= 0.3 is 0 Å². The quantitative estimate of drug-likeness (QED) is 0.565. The van der Waals surface area contributed by atoms with Gasteiger partial charge < -0.3 is 4.74 Å². The van der Waals surface area contributed by atoms with Crippen LogP contribution in [0.15, 0.2) is 30.5 Å². The second-order valence-corrected chi connectivity index (χ2v) is 5.93. The number of hydrogen-bond donors (Lipinski definition) is 0. The zero-order valence-corrected chi connectivity index (χ0v) is 14.6. The van der Waals surface area contributed by atoms with Crippen LogP contribution in [0.25, 0.3) is 28.7 Å². The molecule has 0 saturated carbocycles. The number of fused-ring (bicyclic) bond motifs is 2. The van der Waals surface area contributed by atoms with Crippen LogP contribution in [0.2, 0.25) is 0 Å². The maximum atomic E-state index is 13.5. The van der Waals surface area contributed by atoms with Gasteiger partial charge in [0.1, 0.15) is 11.6 Å². The Bertz CT molecular complexity index is 1130. The van der Waals surface area contributed by atoms with Gasteiger partial charge in [-0.25, -0.2) is 18.9 Å². The third-order valence-electron chi connectivity index (χ3n) is 4.10. The Morgan fingerprint density at radius 2 is 1.96 bits per heavy atom. The van der Waals surface area contributed by atoms with Gasteiger partial charge in [-0.1, -0.05) is 0 Å². The van der Waals surface area contributed by atoms with Gasteiger partial charge in [0.15, 0.2) is 11.5 Å². The zero-order chi connectivity index (χ0) is 18.3. The Morgan fingerprint density at radius 3 is 2.73 bits per heavy atom. The Hall–Kier alpha value is -3.35. The van der Waals surface area contributed by atoms with E-state index in [9.17, 15) is 4.39 Å². The van der Waals surface area contributed by atoms with E-state index in [1.54, 1.807) is 42.1 Å². The van der Waals surface area contributed by atoms with Crippen molar-refractivity contribution in [3.8, 4) is 5.75 Å². The number of pyridine rings is 1. The van der Waals surface area contributed by atoms with Gasteiger partial charge in [0.05, 0.1) is 29.7 Å². The number of rotatable bonds is 3. The molecule has 4 rings (SSSR count). The van der Waals surface area contributed by atoms with Crippen LogP contribution in [-0.2, 0) is 0 Å². The second-order valence-electron chi connectivity index (χ2n) is 5.93. The van der Waals surface area contributed by atoms with Crippen LogP contribution in [0.1, 0.15) is 22.9 Å². The first-order valence-electron chi connectivity index (χ1n) is 8.06. The summed E-state index contributed by atoms with van der Waals surface area (Å²) in [6, 6.07) is 6.18. The third-order valence-corrected chi connectivity index (χ3v) is 4.10. The van der Waals surface area contributed by atoms with E-state index in [4.69, 9.17) is 4.74 Å². The molecule has 0 aliphatic carbocycles. The molecule has 0 spiro atoms. The minimum Gasteiger partial charge on any atom is -0.496 e. The Labute approximate surface area is 149 Å². The molecule has 130 valence electrons. The van der Waals surface area contributed by atoms with Crippen molar-refractivity contribution in [2.75, 3.05) is 7.11 Å². The molecule has 26 heavy (non-hydrogen) atoms. The SMILES string of the molecule is COc1cc(/C=C/c2nc3c(C)ncc(C)n3n2)nc2ccc(F)cc12. The highest BCUT2D eigenvalue weighted by molar-refractivity contribution is 5.87. The summed E-state index contributed by atoms with van der Waals surface area (Å²) in [7, 11) is 1.55. The summed E-state index contributed by atoms with van der Waals surface area (Å²) in [5.41, 5.74) is 3.78. The number of ether oxygens (including phenoxy) is 1. The summed E-state index contributed by atoms with van der Waals surface area (Å²) >= 11 is 0. The van der Waals surface area contributed by atoms with Gasteiger partial charge in [-0.15, -0.1) is 5.10 Å². The molecule has 1 aromatic carbocycles. The largest absolute Gasteiger partial charge is 0.496 e. The Balaban J connectivity index is 1.76. The second kappa shape index (κ2) is 6.18. The number of nitrogens with zero attached hydrogens (tertiary/aromatic N) is 5. The molecule has 0 saturated heterocycles. The lowest BCUT2D eigenvalue weighted by Crippen LogP contribution is -1.97. The molecular weight excluding hydrogens is 333 g/mol. The van der Waals surface area contributed by atoms with Crippen molar-refractivity contribution in [2.24, 2.45) is 0 Å². The molecule has 0 fully saturated rings. The Morgan fingerprint density at radius 1 is 1.12 bits per heavy atom. The molecule has 0 unspecified atom stereocenters. The summed E-state index contributed by atoms with van der Waals surface area (Å²) in [6.07, 6.45) is 5.35. The molecule has 3 heterocycles. The van der Waals surface area contributed by atoms with E-state index >= 15 is 0 Å². The highest BCUT2D eigenvalue weighted by atomic mass is 19.1. The van der Waals surface area contributed by atoms with Crippen LogP contribution in [-0.4, -0.2) is 31.7 Å². The van der Waals surface area contributed by atoms with Gasteiger partial charge in [-0.05, 0) is 44.2 Å². The molecule has 0 aliphatic heterocycles. The number of methoxy groups -OCH3 is 1. The maximum Gasteiger partial charge on any atom is 0.177 e. The molecule has 0 amide bonds. The van der Waals surface area contributed by atoms with E-state index in [-0.39, 0.29) is 5.82 Å². The molecule has 3 aromatic heterocycles. The van der Waals surface area contributed by atoms with Crippen LogP contribution in [0.5, 0.6) is 5.75 Å². The molecular formula is C19H16FN5O. The fraction of sp³-hybridized carbons (Fsp3) is 0.158. The summed E-state index contributed by atoms with van der Waals surface area (Å²) in [6.45, 7) is 3.82. The summed E-state index contributed by atoms with van der Waals surface area (Å²) in [4.78, 5) is 13.3. The van der Waals surface area contributed by atoms with Crippen molar-refractivity contribution < 1.29 is 9.13 Å². The summed E-state index contributed by atoms with van der Waals surface area (Å²) in [5, 5.41) is 5.11. The number of aromatic nitrogens is 5. The highest BCUT2D eigenvalue weighted by Gasteiger charge is 2.08. The third kappa shape index (κ3) is 2.77. The van der Waals surface area contributed by atoms with E-state index in [2.05, 4.69) is 20.1 Å². The first-order chi connectivity index (χ1) is 12.5. The van der Waals surface area contributed by atoms with Crippen molar-refractivity contribution in [1.29, 1.82) is 0 Å². The predicted octanol–water partition coefficient (Wildman–Crippen LogP) is 3.61. The lowest BCUT2D eigenvalue weighted by atomic mass is 10.1. The van der Waals surface area contributed by atoms with Gasteiger partial charge in [0.25, 0.3) is 0 Å². The normalized spacial score (nSPS) is 11.7. The summed E-state index contributed by atoms with van der Waals surface area (Å²) < 4.78 is 20.6. The average Bonchev–Trinajstić information content (AvgIpc) is 3.08. The van der Waals surface area contributed by atoms with Crippen molar-refractivity contribution in [3.05, 3.63) is 59.2 Å². The fourth-order valence-electron chi connectivity index (χ4n) is 2.78. The number of aryl methyl sites for hydroxylation is 2. The maximum absolute atomic E-state index is 13.5. The minimum atomic E-state index is -0.325. The zero-order valence-electron chi connectivity index (χ0n) is 14.6. The number of benzene rings is 1. The number of halogens is 1. The van der Waals surface area contributed by atoms with Crippen LogP contribution in [0, 0.1) is 19.7 Å². The smallest absolute Gasteiger partial charge is 0.177 e. The van der Waals surface area contributed by atoms with Gasteiger partial charge in [-0.2, -0.15) is 0 Å². The first kappa shape index (κ1) is 16.1. The van der Waals surface area contributed by atoms with Crippen molar-refractivity contribution in [3.63, 3.8) is 0 Å². The van der Waals surface area contributed by atoms with Gasteiger partial charge in [0, 0.05) is 17.6 Å². The topological polar surface area (TPSA) is 65.2 Å². The number of hydrogen-bond acceptors (Lipinski definition) is 5. The van der Waals surface area contributed by atoms with Crippen LogP contribution >= 0.6 is 0 Å². The summed E-state index contributed by atoms with van der Waals surface area (Å²) in [5.74, 6) is 0.798. The minimum absolute atomic E-state index is 0.325. The molecule has 0 bridgehead atoms. The first-order valence-corrected chi connectivity index (χ1v) is 8.06. The monoisotopic (exact) mass is 349 g/mol. The van der Waals surface area contributed by atoms with Crippen LogP contribution in [0.3, 0.4) is 0 Å². The molecule has 0 aliphatic rings. The van der Waals surface area contributed by atoms with Crippen LogP contribution < -0.4 is 4.74 Å². The lowest BCUT2D eigenvalue weighted by Gasteiger charge is -2.06. The van der Waals surface area contributed by atoms with Crippen molar-refractivity contribution in [2.45, 2.75) is 13.8 Å². The Kier molecular flexibility index (Phi) is 3.84. The standard InChI is InChI=1S/C19H16FN5O/c1-11-10-21-12(2)19-23-18(24-25(11)19)7-5-14-9-17(26-3)15-8-13(20)4-6-16(15)22-14/h4-10H,1-3H3/b7-5+. The lowest BCUT2D eigenvalue weighted by molar-refractivity contribution is 0.419. The van der Waals surface area contributed by atoms with E-state index in [0.29, 0.717) is 28.2 Å². The van der Waals surface area contributed by atoms with E-state index in [1.807, 2.05) is 13.8 Å². The molecule has 0 N–H and O–H groups in total. The predicted molar refractivity (Wildman–Crippen MR) is 97.4 cm³/mol. The van der Waals surface area contributed by atoms with Gasteiger partial charge in [0.2, 0.25) is 0 Å². The van der Waals surface area contributed by atoms with Crippen molar-refractivity contribution >= 4 is 28.7 Å². The molecule has 7 heteroatoms. The molecule has 0 radical (unpaired) electrons. The van der Waals surface area contributed by atoms with E-state index < -0.39 is 0 Å². The van der Waals surface area contributed by atoms with Crippen LogP contribution in [0.4, 0.5) is 4.39 Å². The average molecular weight is 349 g/mol. The van der Waals surface area contributed by atoms with Gasteiger partial charge in [-0.3, -0.25) is 4.98 Å². The molecule has 4 aromatic rings. The van der Waals surface area contributed by atoms with Crippen molar-refractivity contribution in [1.82, 2.24) is 24.6 Å². The fourth-order valence-corrected chi connectivity index (χ4v) is 2.78. The molecule has 0 atom stereocenters. The highest BCUT2D eigenvalue weighted by Crippen LogP contribution is 2.26. The van der Waals surface area contributed by atoms with E-state index in [0.717, 1.165) is 17.0 Å².